The number of nitrogens with zero attached hydrogens (tertiary/aromatic N) is 2. The van der Waals surface area contributed by atoms with Crippen LogP contribution in [0.3, 0.4) is 0 Å². The van der Waals surface area contributed by atoms with Crippen LogP contribution >= 0.6 is 0 Å². The second kappa shape index (κ2) is 15.7. The van der Waals surface area contributed by atoms with Crippen molar-refractivity contribution in [3.63, 3.8) is 0 Å². The zero-order valence-electron chi connectivity index (χ0n) is 24.8. The van der Waals surface area contributed by atoms with Crippen molar-refractivity contribution in [2.45, 2.75) is 38.3 Å². The zero-order chi connectivity index (χ0) is 30.6. The fraction of sp³-hybridized carbons (Fsp3) is 0.353. The fourth-order valence-corrected chi connectivity index (χ4v) is 5.54. The van der Waals surface area contributed by atoms with Crippen molar-refractivity contribution in [3.8, 4) is 0 Å². The highest BCUT2D eigenvalue weighted by molar-refractivity contribution is 5.89. The van der Waals surface area contributed by atoms with Gasteiger partial charge in [-0.05, 0) is 41.7 Å². The summed E-state index contributed by atoms with van der Waals surface area (Å²) in [7, 11) is 1.27. The molecule has 0 spiro atoms. The van der Waals surface area contributed by atoms with Crippen molar-refractivity contribution in [1.82, 2.24) is 20.4 Å². The van der Waals surface area contributed by atoms with Gasteiger partial charge in [-0.25, -0.2) is 4.79 Å². The van der Waals surface area contributed by atoms with E-state index in [0.29, 0.717) is 0 Å². The van der Waals surface area contributed by atoms with Crippen LogP contribution in [-0.2, 0) is 30.3 Å². The molecule has 1 heterocycles. The molecule has 2 N–H and O–H groups in total. The number of carbonyl (C=O) groups excluding carboxylic acids is 4. The van der Waals surface area contributed by atoms with E-state index in [0.717, 1.165) is 31.5 Å². The Hall–Kier alpha value is -4.50. The van der Waals surface area contributed by atoms with Crippen LogP contribution in [-0.4, -0.2) is 79.4 Å². The highest BCUT2D eigenvalue weighted by atomic mass is 16.5. The van der Waals surface area contributed by atoms with Gasteiger partial charge in [0, 0.05) is 37.8 Å². The van der Waals surface area contributed by atoms with E-state index in [4.69, 9.17) is 0 Å². The smallest absolute Gasteiger partial charge is 0.330 e. The minimum Gasteiger partial charge on any atom is -0.466 e. The number of hydrogen-bond acceptors (Lipinski definition) is 6. The molecule has 4 rings (SSSR count). The van der Waals surface area contributed by atoms with E-state index in [9.17, 15) is 19.2 Å². The average molecular weight is 585 g/mol. The number of ether oxygens (including phenoxy) is 1. The number of benzene rings is 3. The van der Waals surface area contributed by atoms with Crippen LogP contribution in [0, 0.1) is 0 Å². The summed E-state index contributed by atoms with van der Waals surface area (Å²) in [5.74, 6) is -1.43. The summed E-state index contributed by atoms with van der Waals surface area (Å²) in [6.45, 7) is 3.60. The molecule has 0 aliphatic carbocycles. The maximum absolute atomic E-state index is 13.5. The molecule has 1 saturated heterocycles. The molecule has 0 bridgehead atoms. The standard InChI is InChI=1S/C34H40N4O5/c1-25(29-15-8-13-27-12-6-7-14-30(27)29)37-20-17-28(18-21-37)38(33(41)22-26-10-4-3-5-11-26)24-32(40)36-23-31(39)35-19-9-16-34(42)43-2/h3-16,25,28H,17-24H2,1-2H3,(H,35,39)(H,36,40)/b16-9+. The van der Waals surface area contributed by atoms with Gasteiger partial charge in [-0.1, -0.05) is 78.9 Å². The van der Waals surface area contributed by atoms with E-state index in [2.05, 4.69) is 69.7 Å². The van der Waals surface area contributed by atoms with Gasteiger partial charge in [-0.3, -0.25) is 19.3 Å². The molecule has 1 atom stereocenters. The van der Waals surface area contributed by atoms with Gasteiger partial charge in [0.1, 0.15) is 0 Å². The molecule has 0 radical (unpaired) electrons. The van der Waals surface area contributed by atoms with Gasteiger partial charge in [0.15, 0.2) is 0 Å². The molecule has 1 unspecified atom stereocenters. The van der Waals surface area contributed by atoms with Gasteiger partial charge >= 0.3 is 5.97 Å². The highest BCUT2D eigenvalue weighted by Gasteiger charge is 2.31. The van der Waals surface area contributed by atoms with Crippen molar-refractivity contribution in [2.24, 2.45) is 0 Å². The first-order valence-electron chi connectivity index (χ1n) is 14.7. The molecule has 1 aliphatic rings. The number of nitrogens with one attached hydrogen (secondary N) is 2. The molecule has 3 aromatic rings. The number of amides is 3. The van der Waals surface area contributed by atoms with Gasteiger partial charge in [-0.2, -0.15) is 0 Å². The Morgan fingerprint density at radius 2 is 1.63 bits per heavy atom. The summed E-state index contributed by atoms with van der Waals surface area (Å²) in [6, 6.07) is 24.5. The number of carbonyl (C=O) groups is 4. The normalized spacial score (nSPS) is 14.7. The molecule has 43 heavy (non-hydrogen) atoms. The predicted octanol–water partition coefficient (Wildman–Crippen LogP) is 3.40. The predicted molar refractivity (Wildman–Crippen MR) is 166 cm³/mol. The highest BCUT2D eigenvalue weighted by Crippen LogP contribution is 2.31. The van der Waals surface area contributed by atoms with Crippen molar-refractivity contribution in [2.75, 3.05) is 39.8 Å². The summed E-state index contributed by atoms with van der Waals surface area (Å²) in [4.78, 5) is 53.9. The monoisotopic (exact) mass is 584 g/mol. The molecule has 1 fully saturated rings. The number of esters is 1. The number of hydrogen-bond donors (Lipinski definition) is 2. The third-order valence-electron chi connectivity index (χ3n) is 7.91. The minimum atomic E-state index is -0.517. The van der Waals surface area contributed by atoms with Crippen LogP contribution < -0.4 is 10.6 Å². The Morgan fingerprint density at radius 3 is 2.37 bits per heavy atom. The molecule has 1 aliphatic heterocycles. The van der Waals surface area contributed by atoms with Crippen LogP contribution in [0.1, 0.15) is 36.9 Å². The molecule has 9 heteroatoms. The number of rotatable bonds is 12. The number of methoxy groups -OCH3 is 1. The summed E-state index contributed by atoms with van der Waals surface area (Å²) in [5, 5.41) is 7.69. The average Bonchev–Trinajstić information content (AvgIpc) is 3.04. The van der Waals surface area contributed by atoms with Gasteiger partial charge in [-0.15, -0.1) is 0 Å². The molecular formula is C34H40N4O5. The Kier molecular flexibility index (Phi) is 11.4. The van der Waals surface area contributed by atoms with Gasteiger partial charge in [0.2, 0.25) is 17.7 Å². The van der Waals surface area contributed by atoms with Crippen molar-refractivity contribution < 1.29 is 23.9 Å². The summed E-state index contributed by atoms with van der Waals surface area (Å²) < 4.78 is 4.50. The second-order valence-corrected chi connectivity index (χ2v) is 10.7. The lowest BCUT2D eigenvalue weighted by Crippen LogP contribution is -2.52. The molecule has 9 nitrogen and oxygen atoms in total. The van der Waals surface area contributed by atoms with Crippen LogP contribution in [0.15, 0.2) is 84.9 Å². The zero-order valence-corrected chi connectivity index (χ0v) is 24.8. The lowest BCUT2D eigenvalue weighted by molar-refractivity contribution is -0.139. The quantitative estimate of drug-likeness (QED) is 0.250. The Bertz CT molecular complexity index is 1430. The third kappa shape index (κ3) is 8.99. The summed E-state index contributed by atoms with van der Waals surface area (Å²) in [6.07, 6.45) is 4.37. The maximum Gasteiger partial charge on any atom is 0.330 e. The van der Waals surface area contributed by atoms with Crippen molar-refractivity contribution in [3.05, 3.63) is 96.1 Å². The first-order chi connectivity index (χ1) is 20.9. The molecule has 0 aromatic heterocycles. The summed E-state index contributed by atoms with van der Waals surface area (Å²) >= 11 is 0. The minimum absolute atomic E-state index is 0.0878. The molecule has 226 valence electrons. The molecular weight excluding hydrogens is 544 g/mol. The maximum atomic E-state index is 13.5. The number of piperidine rings is 1. The van der Waals surface area contributed by atoms with Crippen LogP contribution in [0.25, 0.3) is 10.8 Å². The van der Waals surface area contributed by atoms with E-state index >= 15 is 0 Å². The molecule has 0 saturated carbocycles. The lowest BCUT2D eigenvalue weighted by atomic mass is 9.95. The molecule has 3 aromatic carbocycles. The van der Waals surface area contributed by atoms with E-state index in [-0.39, 0.29) is 44.0 Å². The topological polar surface area (TPSA) is 108 Å². The Morgan fingerprint density at radius 1 is 0.930 bits per heavy atom. The first kappa shape index (κ1) is 31.4. The van der Waals surface area contributed by atoms with E-state index < -0.39 is 17.8 Å². The first-order valence-corrected chi connectivity index (χ1v) is 14.7. The van der Waals surface area contributed by atoms with Crippen LogP contribution in [0.5, 0.6) is 0 Å². The van der Waals surface area contributed by atoms with E-state index in [1.54, 1.807) is 4.90 Å². The number of fused-ring (bicyclic) bond motifs is 1. The largest absolute Gasteiger partial charge is 0.466 e. The van der Waals surface area contributed by atoms with Gasteiger partial charge in [0.05, 0.1) is 26.6 Å². The second-order valence-electron chi connectivity index (χ2n) is 10.7. The lowest BCUT2D eigenvalue weighted by Gasteiger charge is -2.41. The summed E-state index contributed by atoms with van der Waals surface area (Å²) in [5.41, 5.74) is 2.17. The fourth-order valence-electron chi connectivity index (χ4n) is 5.54. The van der Waals surface area contributed by atoms with Crippen LogP contribution in [0.2, 0.25) is 0 Å². The Labute approximate surface area is 252 Å². The van der Waals surface area contributed by atoms with Gasteiger partial charge in [0.25, 0.3) is 0 Å². The van der Waals surface area contributed by atoms with Crippen molar-refractivity contribution >= 4 is 34.5 Å². The SMILES string of the molecule is COC(=O)/C=C/CNC(=O)CNC(=O)CN(C(=O)Cc1ccccc1)C1CCN(C(C)c2cccc3ccccc23)CC1. The molecule has 3 amide bonds. The van der Waals surface area contributed by atoms with E-state index in [1.165, 1.54) is 35.6 Å². The van der Waals surface area contributed by atoms with Gasteiger partial charge < -0.3 is 20.3 Å². The van der Waals surface area contributed by atoms with Crippen molar-refractivity contribution in [1.29, 1.82) is 0 Å². The third-order valence-corrected chi connectivity index (χ3v) is 7.91. The number of likely N-dealkylation sites (tertiary alicyclic amines) is 1. The Balaban J connectivity index is 1.36. The van der Waals surface area contributed by atoms with Crippen LogP contribution in [0.4, 0.5) is 0 Å². The van der Waals surface area contributed by atoms with E-state index in [1.807, 2.05) is 30.3 Å².